The van der Waals surface area contributed by atoms with E-state index in [1.165, 1.54) is 12.1 Å². The van der Waals surface area contributed by atoms with Crippen molar-refractivity contribution in [3.8, 4) is 0 Å². The van der Waals surface area contributed by atoms with Crippen molar-refractivity contribution in [1.29, 1.82) is 0 Å². The number of alkyl halides is 1. The Labute approximate surface area is 188 Å². The molecule has 0 aliphatic heterocycles. The lowest BCUT2D eigenvalue weighted by Crippen LogP contribution is -2.12. The van der Waals surface area contributed by atoms with Crippen LogP contribution in [0.5, 0.6) is 0 Å². The second-order valence-corrected chi connectivity index (χ2v) is 7.61. The van der Waals surface area contributed by atoms with Gasteiger partial charge in [-0.15, -0.1) is 11.6 Å². The van der Waals surface area contributed by atoms with E-state index in [0.29, 0.717) is 12.1 Å². The zero-order chi connectivity index (χ0) is 22.7. The quantitative estimate of drug-likeness (QED) is 0.287. The van der Waals surface area contributed by atoms with E-state index in [1.807, 2.05) is 60.7 Å². The van der Waals surface area contributed by atoms with Gasteiger partial charge in [0.05, 0.1) is 27.0 Å². The lowest BCUT2D eigenvalue weighted by atomic mass is 9.96. The maximum absolute atomic E-state index is 11.4. The summed E-state index contributed by atoms with van der Waals surface area (Å²) in [5, 5.41) is 26.4. The number of hydrazone groups is 1. The lowest BCUT2D eigenvalue weighted by Gasteiger charge is -2.11. The first kappa shape index (κ1) is 21.2. The summed E-state index contributed by atoms with van der Waals surface area (Å²) >= 11 is 6.67. The molecule has 0 saturated carbocycles. The molecule has 1 aliphatic rings. The summed E-state index contributed by atoms with van der Waals surface area (Å²) in [6.07, 6.45) is 0.540. The highest BCUT2D eigenvalue weighted by Gasteiger charge is 2.32. The van der Waals surface area contributed by atoms with Gasteiger partial charge in [0.25, 0.3) is 5.69 Å². The molecule has 3 aromatic carbocycles. The minimum atomic E-state index is -0.689. The summed E-state index contributed by atoms with van der Waals surface area (Å²) in [5.74, 6) is 0. The van der Waals surface area contributed by atoms with Gasteiger partial charge in [-0.1, -0.05) is 60.7 Å². The molecular formula is C23H17ClN4O4. The van der Waals surface area contributed by atoms with Crippen LogP contribution in [0.25, 0.3) is 11.1 Å². The molecule has 4 rings (SSSR count). The highest BCUT2D eigenvalue weighted by molar-refractivity contribution is 6.48. The number of nitrogens with one attached hydrogen (secondary N) is 1. The first-order chi connectivity index (χ1) is 15.5. The standard InChI is InChI=1S/C23H17ClN4O4/c24-19-14-18(15-7-3-1-4-8-15)22(16-9-5-2-6-10-16)23(19)26-25-20-12-11-17(27(29)30)13-21(20)28(31)32/h1-13,19,25H,14H2. The van der Waals surface area contributed by atoms with Crippen LogP contribution in [0, 0.1) is 20.2 Å². The zero-order valence-corrected chi connectivity index (χ0v) is 17.4. The van der Waals surface area contributed by atoms with Gasteiger partial charge in [0, 0.05) is 11.6 Å². The smallest absolute Gasteiger partial charge is 0.271 e. The van der Waals surface area contributed by atoms with E-state index in [0.717, 1.165) is 28.3 Å². The number of halogens is 1. The van der Waals surface area contributed by atoms with E-state index in [-0.39, 0.29) is 11.4 Å². The molecule has 9 heteroatoms. The highest BCUT2D eigenvalue weighted by atomic mass is 35.5. The Hall–Kier alpha value is -4.04. The van der Waals surface area contributed by atoms with Gasteiger partial charge in [-0.3, -0.25) is 25.7 Å². The Balaban J connectivity index is 1.79. The number of rotatable bonds is 6. The van der Waals surface area contributed by atoms with Crippen LogP contribution in [0.4, 0.5) is 17.1 Å². The summed E-state index contributed by atoms with van der Waals surface area (Å²) in [5.41, 5.74) is 6.30. The van der Waals surface area contributed by atoms with Gasteiger partial charge in [0.1, 0.15) is 5.69 Å². The third-order valence-electron chi connectivity index (χ3n) is 5.11. The fourth-order valence-electron chi connectivity index (χ4n) is 3.64. The van der Waals surface area contributed by atoms with Gasteiger partial charge in [0.2, 0.25) is 0 Å². The fourth-order valence-corrected chi connectivity index (χ4v) is 3.96. The number of nitro groups is 2. The second-order valence-electron chi connectivity index (χ2n) is 7.08. The topological polar surface area (TPSA) is 111 Å². The van der Waals surface area contributed by atoms with E-state index < -0.39 is 20.9 Å². The molecule has 1 aliphatic carbocycles. The van der Waals surface area contributed by atoms with Gasteiger partial charge >= 0.3 is 5.69 Å². The average molecular weight is 449 g/mol. The normalized spacial score (nSPS) is 16.9. The number of benzene rings is 3. The number of hydrogen-bond acceptors (Lipinski definition) is 6. The number of anilines is 1. The van der Waals surface area contributed by atoms with Crippen molar-refractivity contribution in [3.63, 3.8) is 0 Å². The van der Waals surface area contributed by atoms with Gasteiger partial charge in [-0.05, 0) is 29.2 Å². The lowest BCUT2D eigenvalue weighted by molar-refractivity contribution is -0.393. The SMILES string of the molecule is O=[N+]([O-])c1ccc(NN=C2C(c3ccccc3)=C(c3ccccc3)CC2Cl)c([N+](=O)[O-])c1. The Morgan fingerprint density at radius 2 is 1.50 bits per heavy atom. The highest BCUT2D eigenvalue weighted by Crippen LogP contribution is 2.41. The second kappa shape index (κ2) is 8.99. The first-order valence-corrected chi connectivity index (χ1v) is 10.1. The molecule has 3 aromatic rings. The van der Waals surface area contributed by atoms with E-state index in [1.54, 1.807) is 0 Å². The summed E-state index contributed by atoms with van der Waals surface area (Å²) < 4.78 is 0. The van der Waals surface area contributed by atoms with Crippen molar-refractivity contribution >= 4 is 45.5 Å². The van der Waals surface area contributed by atoms with Crippen molar-refractivity contribution in [3.05, 3.63) is 110 Å². The van der Waals surface area contributed by atoms with Crippen LogP contribution < -0.4 is 5.43 Å². The van der Waals surface area contributed by atoms with E-state index in [2.05, 4.69) is 10.5 Å². The van der Waals surface area contributed by atoms with E-state index in [4.69, 9.17) is 11.6 Å². The number of nitrogens with zero attached hydrogens (tertiary/aromatic N) is 3. The van der Waals surface area contributed by atoms with Crippen molar-refractivity contribution in [2.75, 3.05) is 5.43 Å². The van der Waals surface area contributed by atoms with Gasteiger partial charge in [0.15, 0.2) is 0 Å². The minimum Gasteiger partial charge on any atom is -0.271 e. The molecule has 0 fully saturated rings. The Kier molecular flexibility index (Phi) is 5.96. The van der Waals surface area contributed by atoms with Crippen molar-refractivity contribution < 1.29 is 9.85 Å². The maximum atomic E-state index is 11.4. The molecule has 0 amide bonds. The predicted molar refractivity (Wildman–Crippen MR) is 125 cm³/mol. The molecule has 0 spiro atoms. The van der Waals surface area contributed by atoms with E-state index in [9.17, 15) is 20.2 Å². The summed E-state index contributed by atoms with van der Waals surface area (Å²) in [6.45, 7) is 0. The maximum Gasteiger partial charge on any atom is 0.301 e. The van der Waals surface area contributed by atoms with Crippen LogP contribution in [-0.2, 0) is 0 Å². The van der Waals surface area contributed by atoms with Crippen LogP contribution in [0.1, 0.15) is 17.5 Å². The van der Waals surface area contributed by atoms with Gasteiger partial charge in [-0.25, -0.2) is 0 Å². The Morgan fingerprint density at radius 1 is 0.875 bits per heavy atom. The Morgan fingerprint density at radius 3 is 2.09 bits per heavy atom. The van der Waals surface area contributed by atoms with Crippen LogP contribution in [-0.4, -0.2) is 20.9 Å². The van der Waals surface area contributed by atoms with Gasteiger partial charge in [-0.2, -0.15) is 5.10 Å². The molecule has 0 radical (unpaired) electrons. The molecule has 0 heterocycles. The fraction of sp³-hybridized carbons (Fsp3) is 0.0870. The summed E-state index contributed by atoms with van der Waals surface area (Å²) in [6, 6.07) is 22.8. The molecule has 1 unspecified atom stereocenters. The minimum absolute atomic E-state index is 0.0394. The molecule has 32 heavy (non-hydrogen) atoms. The number of hydrogen-bond donors (Lipinski definition) is 1. The van der Waals surface area contributed by atoms with Crippen molar-refractivity contribution in [1.82, 2.24) is 0 Å². The predicted octanol–water partition coefficient (Wildman–Crippen LogP) is 5.89. The van der Waals surface area contributed by atoms with Crippen LogP contribution >= 0.6 is 11.6 Å². The Bertz CT molecular complexity index is 1240. The molecule has 1 N–H and O–H groups in total. The van der Waals surface area contributed by atoms with Gasteiger partial charge < -0.3 is 0 Å². The first-order valence-electron chi connectivity index (χ1n) is 9.70. The van der Waals surface area contributed by atoms with E-state index >= 15 is 0 Å². The molecule has 1 atom stereocenters. The van der Waals surface area contributed by atoms with Crippen molar-refractivity contribution in [2.45, 2.75) is 11.8 Å². The molecular weight excluding hydrogens is 432 g/mol. The molecule has 160 valence electrons. The third-order valence-corrected chi connectivity index (χ3v) is 5.47. The zero-order valence-electron chi connectivity index (χ0n) is 16.6. The number of nitro benzene ring substituents is 2. The average Bonchev–Trinajstić information content (AvgIpc) is 3.14. The molecule has 8 nitrogen and oxygen atoms in total. The third kappa shape index (κ3) is 4.21. The largest absolute Gasteiger partial charge is 0.301 e. The monoisotopic (exact) mass is 448 g/mol. The summed E-state index contributed by atoms with van der Waals surface area (Å²) in [7, 11) is 0. The van der Waals surface area contributed by atoms with Crippen LogP contribution in [0.3, 0.4) is 0 Å². The molecule has 0 bridgehead atoms. The van der Waals surface area contributed by atoms with Crippen LogP contribution in [0.15, 0.2) is 84.0 Å². The van der Waals surface area contributed by atoms with Crippen molar-refractivity contribution in [2.24, 2.45) is 5.10 Å². The number of allylic oxidation sites excluding steroid dienone is 2. The molecule has 0 saturated heterocycles. The summed E-state index contributed by atoms with van der Waals surface area (Å²) in [4.78, 5) is 21.0. The van der Waals surface area contributed by atoms with Crippen LogP contribution in [0.2, 0.25) is 0 Å². The number of non-ortho nitro benzene ring substituents is 1. The molecule has 0 aromatic heterocycles.